The number of nitrogens with zero attached hydrogens (tertiary/aromatic N) is 2. The van der Waals surface area contributed by atoms with Crippen LogP contribution in [0.5, 0.6) is 0 Å². The van der Waals surface area contributed by atoms with Crippen molar-refractivity contribution in [2.45, 2.75) is 13.0 Å². The summed E-state index contributed by atoms with van der Waals surface area (Å²) in [7, 11) is 1.80. The van der Waals surface area contributed by atoms with Crippen LogP contribution < -0.4 is 5.73 Å². The minimum Gasteiger partial charge on any atom is -0.340 e. The molecule has 2 rings (SSSR count). The molecule has 0 saturated carbocycles. The highest BCUT2D eigenvalue weighted by Crippen LogP contribution is 2.11. The molecule has 1 aromatic carbocycles. The number of aromatic nitrogens is 1. The van der Waals surface area contributed by atoms with E-state index in [1.165, 1.54) is 16.9 Å². The van der Waals surface area contributed by atoms with Crippen molar-refractivity contribution in [3.63, 3.8) is 0 Å². The fourth-order valence-corrected chi connectivity index (χ4v) is 2.39. The fourth-order valence-electron chi connectivity index (χ4n) is 1.74. The molecular weight excluding hydrogens is 294 g/mol. The second-order valence-corrected chi connectivity index (χ2v) is 5.24. The van der Waals surface area contributed by atoms with Gasteiger partial charge in [-0.25, -0.2) is 4.98 Å². The van der Waals surface area contributed by atoms with E-state index in [0.29, 0.717) is 18.8 Å². The van der Waals surface area contributed by atoms with Gasteiger partial charge in [-0.05, 0) is 12.0 Å². The summed E-state index contributed by atoms with van der Waals surface area (Å²) in [6.07, 6.45) is 0.844. The maximum atomic E-state index is 12.1. The quantitative estimate of drug-likeness (QED) is 0.922. The molecule has 0 fully saturated rings. The smallest absolute Gasteiger partial charge is 0.273 e. The Hall–Kier alpha value is -1.43. The largest absolute Gasteiger partial charge is 0.340 e. The van der Waals surface area contributed by atoms with Gasteiger partial charge in [-0.1, -0.05) is 30.3 Å². The molecular formula is C14H18ClN3OS. The zero-order chi connectivity index (χ0) is 13.7. The summed E-state index contributed by atoms with van der Waals surface area (Å²) in [5, 5.41) is 2.56. The zero-order valence-corrected chi connectivity index (χ0v) is 12.9. The Kier molecular flexibility index (Phi) is 6.64. The highest BCUT2D eigenvalue weighted by atomic mass is 35.5. The summed E-state index contributed by atoms with van der Waals surface area (Å²) < 4.78 is 0. The third-order valence-corrected chi connectivity index (χ3v) is 3.74. The summed E-state index contributed by atoms with van der Waals surface area (Å²) in [5.74, 6) is -0.0492. The standard InChI is InChI=1S/C14H17N3OS.ClH/c1-17(8-7-11-5-3-2-4-6-11)14(18)12-10-19-13(9-15)16-12;/h2-6,10H,7-9,15H2,1H3;1H. The molecule has 0 spiro atoms. The van der Waals surface area contributed by atoms with Crippen molar-refractivity contribution in [1.82, 2.24) is 9.88 Å². The average molecular weight is 312 g/mol. The van der Waals surface area contributed by atoms with Crippen LogP contribution in [0.4, 0.5) is 0 Å². The maximum Gasteiger partial charge on any atom is 0.273 e. The molecule has 2 N–H and O–H groups in total. The Morgan fingerprint density at radius 1 is 1.35 bits per heavy atom. The first-order valence-corrected chi connectivity index (χ1v) is 7.02. The van der Waals surface area contributed by atoms with Crippen LogP contribution in [0.25, 0.3) is 0 Å². The van der Waals surface area contributed by atoms with Gasteiger partial charge < -0.3 is 10.6 Å². The molecule has 1 aromatic heterocycles. The molecule has 0 aliphatic rings. The number of hydrogen-bond acceptors (Lipinski definition) is 4. The second-order valence-electron chi connectivity index (χ2n) is 4.29. The predicted octanol–water partition coefficient (Wildman–Crippen LogP) is 2.34. The van der Waals surface area contributed by atoms with Crippen LogP contribution in [0.1, 0.15) is 21.1 Å². The molecule has 0 bridgehead atoms. The van der Waals surface area contributed by atoms with Crippen molar-refractivity contribution in [2.24, 2.45) is 5.73 Å². The van der Waals surface area contributed by atoms with E-state index in [9.17, 15) is 4.79 Å². The number of thiazole rings is 1. The molecule has 0 saturated heterocycles. The van der Waals surface area contributed by atoms with Gasteiger partial charge >= 0.3 is 0 Å². The lowest BCUT2D eigenvalue weighted by Crippen LogP contribution is -2.29. The maximum absolute atomic E-state index is 12.1. The third-order valence-electron chi connectivity index (χ3n) is 2.87. The summed E-state index contributed by atoms with van der Waals surface area (Å²) in [5.41, 5.74) is 7.21. The summed E-state index contributed by atoms with van der Waals surface area (Å²) >= 11 is 1.43. The first-order valence-electron chi connectivity index (χ1n) is 6.14. The molecule has 20 heavy (non-hydrogen) atoms. The lowest BCUT2D eigenvalue weighted by Gasteiger charge is -2.15. The van der Waals surface area contributed by atoms with E-state index in [-0.39, 0.29) is 18.3 Å². The van der Waals surface area contributed by atoms with Crippen molar-refractivity contribution < 1.29 is 4.79 Å². The number of likely N-dealkylation sites (N-methyl/N-ethyl adjacent to an activating group) is 1. The summed E-state index contributed by atoms with van der Waals surface area (Å²) in [4.78, 5) is 18.0. The molecule has 108 valence electrons. The lowest BCUT2D eigenvalue weighted by molar-refractivity contribution is 0.0791. The van der Waals surface area contributed by atoms with Gasteiger partial charge in [0.25, 0.3) is 5.91 Å². The molecule has 1 heterocycles. The molecule has 1 amide bonds. The van der Waals surface area contributed by atoms with Crippen molar-refractivity contribution in [2.75, 3.05) is 13.6 Å². The van der Waals surface area contributed by atoms with Crippen LogP contribution in [0.3, 0.4) is 0 Å². The van der Waals surface area contributed by atoms with Gasteiger partial charge in [-0.3, -0.25) is 4.79 Å². The summed E-state index contributed by atoms with van der Waals surface area (Å²) in [6, 6.07) is 10.1. The molecule has 0 aliphatic heterocycles. The van der Waals surface area contributed by atoms with E-state index in [4.69, 9.17) is 5.73 Å². The minimum atomic E-state index is -0.0492. The number of carbonyl (C=O) groups is 1. The van der Waals surface area contributed by atoms with Gasteiger partial charge in [-0.15, -0.1) is 23.7 Å². The van der Waals surface area contributed by atoms with Gasteiger partial charge in [0.1, 0.15) is 10.7 Å². The molecule has 0 radical (unpaired) electrons. The molecule has 0 atom stereocenters. The zero-order valence-electron chi connectivity index (χ0n) is 11.3. The van der Waals surface area contributed by atoms with Gasteiger partial charge in [0.05, 0.1) is 0 Å². The number of amides is 1. The van der Waals surface area contributed by atoms with E-state index < -0.39 is 0 Å². The van der Waals surface area contributed by atoms with Crippen molar-refractivity contribution >= 4 is 29.7 Å². The third kappa shape index (κ3) is 4.30. The van der Waals surface area contributed by atoms with E-state index in [1.807, 2.05) is 18.2 Å². The highest BCUT2D eigenvalue weighted by molar-refractivity contribution is 7.09. The molecule has 2 aromatic rings. The Labute approximate surface area is 129 Å². The SMILES string of the molecule is CN(CCc1ccccc1)C(=O)c1csc(CN)n1.Cl. The van der Waals surface area contributed by atoms with Gasteiger partial charge in [0.15, 0.2) is 0 Å². The molecule has 0 unspecified atom stereocenters. The molecule has 4 nitrogen and oxygen atoms in total. The number of rotatable bonds is 5. The Bertz CT molecular complexity index is 544. The topological polar surface area (TPSA) is 59.2 Å². The second kappa shape index (κ2) is 7.99. The minimum absolute atomic E-state index is 0. The van der Waals surface area contributed by atoms with Crippen LogP contribution in [0.2, 0.25) is 0 Å². The fraction of sp³-hybridized carbons (Fsp3) is 0.286. The number of benzene rings is 1. The monoisotopic (exact) mass is 311 g/mol. The normalized spacial score (nSPS) is 9.90. The first-order chi connectivity index (χ1) is 9.20. The van der Waals surface area contributed by atoms with Crippen molar-refractivity contribution in [1.29, 1.82) is 0 Å². The van der Waals surface area contributed by atoms with Gasteiger partial charge in [-0.2, -0.15) is 0 Å². The van der Waals surface area contributed by atoms with Gasteiger partial charge in [0.2, 0.25) is 0 Å². The summed E-state index contributed by atoms with van der Waals surface area (Å²) in [6.45, 7) is 1.06. The van der Waals surface area contributed by atoms with Crippen molar-refractivity contribution in [3.8, 4) is 0 Å². The molecule has 0 aliphatic carbocycles. The Morgan fingerprint density at radius 3 is 2.65 bits per heavy atom. The number of nitrogens with two attached hydrogens (primary N) is 1. The number of halogens is 1. The van der Waals surface area contributed by atoms with E-state index in [0.717, 1.165) is 11.4 Å². The number of hydrogen-bond donors (Lipinski definition) is 1. The van der Waals surface area contributed by atoms with Crippen molar-refractivity contribution in [3.05, 3.63) is 52.0 Å². The predicted molar refractivity (Wildman–Crippen MR) is 84.4 cm³/mol. The lowest BCUT2D eigenvalue weighted by atomic mass is 10.1. The molecule has 6 heteroatoms. The number of carbonyl (C=O) groups excluding carboxylic acids is 1. The van der Waals surface area contributed by atoms with E-state index >= 15 is 0 Å². The van der Waals surface area contributed by atoms with Gasteiger partial charge in [0, 0.05) is 25.5 Å². The van der Waals surface area contributed by atoms with E-state index in [1.54, 1.807) is 17.3 Å². The Morgan fingerprint density at radius 2 is 2.05 bits per heavy atom. The van der Waals surface area contributed by atoms with Crippen LogP contribution in [0.15, 0.2) is 35.7 Å². The van der Waals surface area contributed by atoms with E-state index in [2.05, 4.69) is 17.1 Å². The van der Waals surface area contributed by atoms with Crippen LogP contribution in [-0.2, 0) is 13.0 Å². The Balaban J connectivity index is 0.00000200. The first kappa shape index (κ1) is 16.6. The highest BCUT2D eigenvalue weighted by Gasteiger charge is 2.14. The van der Waals surface area contributed by atoms with Crippen LogP contribution in [-0.4, -0.2) is 29.4 Å². The van der Waals surface area contributed by atoms with Crippen LogP contribution >= 0.6 is 23.7 Å². The van der Waals surface area contributed by atoms with Crippen LogP contribution in [0, 0.1) is 0 Å². The average Bonchev–Trinajstić information content (AvgIpc) is 2.94.